The van der Waals surface area contributed by atoms with Crippen molar-refractivity contribution >= 4 is 17.7 Å². The molecule has 0 atom stereocenters. The molecule has 144 valence electrons. The molecule has 5 rings (SSSR count). The Balaban J connectivity index is 1.20. The van der Waals surface area contributed by atoms with Gasteiger partial charge in [0.1, 0.15) is 0 Å². The first-order valence-corrected chi connectivity index (χ1v) is 9.77. The number of hydrogen-bond acceptors (Lipinski definition) is 4. The Morgan fingerprint density at radius 1 is 1.00 bits per heavy atom. The van der Waals surface area contributed by atoms with Crippen molar-refractivity contribution in [2.75, 3.05) is 6.54 Å². The number of pyridine rings is 1. The summed E-state index contributed by atoms with van der Waals surface area (Å²) in [4.78, 5) is 40.0. The normalized spacial score (nSPS) is 30.6. The molecule has 0 aliphatic heterocycles. The van der Waals surface area contributed by atoms with Crippen LogP contribution in [-0.2, 0) is 9.59 Å². The second-order valence-corrected chi connectivity index (χ2v) is 8.62. The van der Waals surface area contributed by atoms with E-state index in [2.05, 4.69) is 21.2 Å². The topological polar surface area (TPSA) is 100 Å². The van der Waals surface area contributed by atoms with Gasteiger partial charge in [-0.15, -0.1) is 0 Å². The lowest BCUT2D eigenvalue weighted by atomic mass is 9.49. The summed E-state index contributed by atoms with van der Waals surface area (Å²) >= 11 is 0. The van der Waals surface area contributed by atoms with Crippen LogP contribution < -0.4 is 16.2 Å². The highest BCUT2D eigenvalue weighted by molar-refractivity contribution is 5.95. The number of nitrogens with one attached hydrogen (secondary N) is 3. The van der Waals surface area contributed by atoms with Crippen LogP contribution in [0.25, 0.3) is 0 Å². The first-order valence-electron chi connectivity index (χ1n) is 9.77. The fourth-order valence-electron chi connectivity index (χ4n) is 5.83. The summed E-state index contributed by atoms with van der Waals surface area (Å²) in [5.74, 6) is 1.44. The van der Waals surface area contributed by atoms with Crippen LogP contribution in [0.2, 0.25) is 0 Å². The van der Waals surface area contributed by atoms with E-state index in [9.17, 15) is 14.4 Å². The molecule has 0 spiro atoms. The van der Waals surface area contributed by atoms with Gasteiger partial charge in [0, 0.05) is 18.8 Å². The van der Waals surface area contributed by atoms with Crippen LogP contribution in [0.3, 0.4) is 0 Å². The van der Waals surface area contributed by atoms with E-state index in [1.165, 1.54) is 44.7 Å². The summed E-state index contributed by atoms with van der Waals surface area (Å²) < 4.78 is 0. The molecule has 0 unspecified atom stereocenters. The third-order valence-electron chi connectivity index (χ3n) is 6.39. The van der Waals surface area contributed by atoms with Crippen molar-refractivity contribution in [1.82, 2.24) is 21.2 Å². The van der Waals surface area contributed by atoms with Crippen LogP contribution in [0.1, 0.15) is 55.3 Å². The van der Waals surface area contributed by atoms with E-state index < -0.39 is 11.8 Å². The zero-order valence-corrected chi connectivity index (χ0v) is 15.4. The molecule has 1 heterocycles. The molecule has 4 aliphatic rings. The molecule has 4 aliphatic carbocycles. The van der Waals surface area contributed by atoms with E-state index in [1.54, 1.807) is 18.3 Å². The molecule has 7 nitrogen and oxygen atoms in total. The Kier molecular flexibility index (Phi) is 4.85. The van der Waals surface area contributed by atoms with E-state index in [1.807, 2.05) is 0 Å². The highest BCUT2D eigenvalue weighted by Crippen LogP contribution is 2.61. The number of rotatable bonds is 5. The van der Waals surface area contributed by atoms with Crippen molar-refractivity contribution in [2.24, 2.45) is 23.2 Å². The lowest BCUT2D eigenvalue weighted by Crippen LogP contribution is -2.49. The van der Waals surface area contributed by atoms with E-state index in [0.29, 0.717) is 12.0 Å². The second kappa shape index (κ2) is 7.29. The second-order valence-electron chi connectivity index (χ2n) is 8.62. The van der Waals surface area contributed by atoms with Crippen molar-refractivity contribution in [3.05, 3.63) is 30.1 Å². The van der Waals surface area contributed by atoms with Crippen LogP contribution in [0.4, 0.5) is 0 Å². The SMILES string of the molecule is O=C(CC12CC3CC(CC(C3)C1)C2)NCC(=O)NNC(=O)c1cccnc1. The van der Waals surface area contributed by atoms with Crippen LogP contribution in [-0.4, -0.2) is 29.3 Å². The Morgan fingerprint density at radius 3 is 2.26 bits per heavy atom. The molecule has 4 bridgehead atoms. The average Bonchev–Trinajstić information content (AvgIpc) is 2.63. The highest BCUT2D eigenvalue weighted by atomic mass is 16.2. The molecule has 4 saturated carbocycles. The summed E-state index contributed by atoms with van der Waals surface area (Å²) in [6, 6.07) is 3.24. The molecule has 0 aromatic carbocycles. The summed E-state index contributed by atoms with van der Waals surface area (Å²) in [5.41, 5.74) is 5.14. The number of carbonyl (C=O) groups excluding carboxylic acids is 3. The number of aromatic nitrogens is 1. The van der Waals surface area contributed by atoms with Crippen molar-refractivity contribution in [2.45, 2.75) is 44.9 Å². The van der Waals surface area contributed by atoms with Crippen molar-refractivity contribution in [1.29, 1.82) is 0 Å². The predicted octanol–water partition coefficient (Wildman–Crippen LogP) is 1.57. The fraction of sp³-hybridized carbons (Fsp3) is 0.600. The summed E-state index contributed by atoms with van der Waals surface area (Å²) in [6.07, 6.45) is 11.0. The molecule has 1 aromatic heterocycles. The molecular formula is C20H26N4O3. The lowest BCUT2D eigenvalue weighted by Gasteiger charge is -2.56. The molecule has 0 saturated heterocycles. The first kappa shape index (κ1) is 17.9. The monoisotopic (exact) mass is 370 g/mol. The molecule has 4 fully saturated rings. The number of nitrogens with zero attached hydrogens (tertiary/aromatic N) is 1. The summed E-state index contributed by atoms with van der Waals surface area (Å²) in [6.45, 7) is -0.140. The number of carbonyl (C=O) groups is 3. The van der Waals surface area contributed by atoms with Gasteiger partial charge in [-0.1, -0.05) is 0 Å². The minimum atomic E-state index is -0.453. The van der Waals surface area contributed by atoms with Crippen LogP contribution in [0.5, 0.6) is 0 Å². The van der Waals surface area contributed by atoms with E-state index in [0.717, 1.165) is 17.8 Å². The Hall–Kier alpha value is -2.44. The maximum atomic E-state index is 12.4. The first-order chi connectivity index (χ1) is 13.0. The number of hydrazine groups is 1. The largest absolute Gasteiger partial charge is 0.347 e. The zero-order valence-electron chi connectivity index (χ0n) is 15.4. The van der Waals surface area contributed by atoms with Gasteiger partial charge in [-0.05, 0) is 73.8 Å². The molecule has 27 heavy (non-hydrogen) atoms. The Morgan fingerprint density at radius 2 is 1.67 bits per heavy atom. The quantitative estimate of drug-likeness (QED) is 0.685. The standard InChI is InChI=1S/C20H26N4O3/c25-17(10-20-7-13-4-14(8-20)6-15(5-13)9-20)22-12-18(26)23-24-19(27)16-2-1-3-21-11-16/h1-3,11,13-15H,4-10,12H2,(H,22,25)(H,23,26)(H,24,27). The van der Waals surface area contributed by atoms with E-state index in [-0.39, 0.29) is 17.9 Å². The third-order valence-corrected chi connectivity index (χ3v) is 6.39. The maximum absolute atomic E-state index is 12.4. The van der Waals surface area contributed by atoms with Gasteiger partial charge in [0.05, 0.1) is 12.1 Å². The average molecular weight is 370 g/mol. The highest BCUT2D eigenvalue weighted by Gasteiger charge is 2.51. The smallest absolute Gasteiger partial charge is 0.271 e. The van der Waals surface area contributed by atoms with Gasteiger partial charge in [0.15, 0.2) is 0 Å². The molecule has 3 amide bonds. The summed E-state index contributed by atoms with van der Waals surface area (Å²) in [7, 11) is 0. The number of amides is 3. The van der Waals surface area contributed by atoms with Gasteiger partial charge >= 0.3 is 0 Å². The minimum Gasteiger partial charge on any atom is -0.347 e. The Bertz CT molecular complexity index is 699. The van der Waals surface area contributed by atoms with Gasteiger partial charge in [-0.25, -0.2) is 0 Å². The third kappa shape index (κ3) is 4.12. The fourth-order valence-corrected chi connectivity index (χ4v) is 5.83. The Labute approximate surface area is 158 Å². The van der Waals surface area contributed by atoms with Crippen LogP contribution in [0, 0.1) is 23.2 Å². The zero-order chi connectivity index (χ0) is 18.9. The molecular weight excluding hydrogens is 344 g/mol. The number of hydrogen-bond donors (Lipinski definition) is 3. The van der Waals surface area contributed by atoms with E-state index >= 15 is 0 Å². The maximum Gasteiger partial charge on any atom is 0.271 e. The summed E-state index contributed by atoms with van der Waals surface area (Å²) in [5, 5.41) is 2.71. The molecule has 1 aromatic rings. The van der Waals surface area contributed by atoms with Crippen molar-refractivity contribution in [3.8, 4) is 0 Å². The molecule has 0 radical (unpaired) electrons. The molecule has 7 heteroatoms. The van der Waals surface area contributed by atoms with Crippen molar-refractivity contribution in [3.63, 3.8) is 0 Å². The van der Waals surface area contributed by atoms with Crippen LogP contribution >= 0.6 is 0 Å². The lowest BCUT2D eigenvalue weighted by molar-refractivity contribution is -0.132. The van der Waals surface area contributed by atoms with Gasteiger partial charge in [0.2, 0.25) is 5.91 Å². The van der Waals surface area contributed by atoms with Gasteiger partial charge < -0.3 is 5.32 Å². The van der Waals surface area contributed by atoms with Crippen LogP contribution in [0.15, 0.2) is 24.5 Å². The van der Waals surface area contributed by atoms with Crippen molar-refractivity contribution < 1.29 is 14.4 Å². The van der Waals surface area contributed by atoms with Gasteiger partial charge in [0.25, 0.3) is 11.8 Å². The predicted molar refractivity (Wildman–Crippen MR) is 98.1 cm³/mol. The minimum absolute atomic E-state index is 0.0642. The molecule has 3 N–H and O–H groups in total. The van der Waals surface area contributed by atoms with Gasteiger partial charge in [-0.2, -0.15) is 0 Å². The van der Waals surface area contributed by atoms with Gasteiger partial charge in [-0.3, -0.25) is 30.2 Å². The van der Waals surface area contributed by atoms with E-state index in [4.69, 9.17) is 0 Å².